The highest BCUT2D eigenvalue weighted by Gasteiger charge is 2.32. The molecule has 0 saturated heterocycles. The van der Waals surface area contributed by atoms with Crippen molar-refractivity contribution in [2.45, 2.75) is 31.7 Å². The normalized spacial score (nSPS) is 14.9. The number of benzene rings is 1. The van der Waals surface area contributed by atoms with Crippen LogP contribution in [0.5, 0.6) is 0 Å². The summed E-state index contributed by atoms with van der Waals surface area (Å²) >= 11 is 0. The molecule has 1 fully saturated rings. The lowest BCUT2D eigenvalue weighted by atomic mass is 10.1. The molecular weight excluding hydrogens is 312 g/mol. The van der Waals surface area contributed by atoms with E-state index in [9.17, 15) is 4.79 Å². The van der Waals surface area contributed by atoms with Gasteiger partial charge in [0.05, 0.1) is 23.1 Å². The zero-order valence-corrected chi connectivity index (χ0v) is 14.3. The van der Waals surface area contributed by atoms with E-state index in [0.717, 1.165) is 24.2 Å². The molecule has 3 rings (SSSR count). The number of amides is 1. The number of nitrogens with one attached hydrogen (secondary N) is 2. The highest BCUT2D eigenvalue weighted by atomic mass is 35.5. The number of halogens is 1. The largest absolute Gasteiger partial charge is 0.350 e. The van der Waals surface area contributed by atoms with E-state index < -0.39 is 0 Å². The Labute approximate surface area is 142 Å². The molecule has 1 atom stereocenters. The molecule has 1 saturated carbocycles. The Morgan fingerprint density at radius 3 is 2.65 bits per heavy atom. The number of hydrogen-bond donors (Lipinski definition) is 2. The summed E-state index contributed by atoms with van der Waals surface area (Å²) in [7, 11) is 1.89. The fraction of sp³-hybridized carbons (Fsp3) is 0.412. The molecule has 1 amide bonds. The van der Waals surface area contributed by atoms with Gasteiger partial charge in [-0.15, -0.1) is 12.4 Å². The van der Waals surface area contributed by atoms with Crippen LogP contribution in [0.3, 0.4) is 0 Å². The average Bonchev–Trinajstić information content (AvgIpc) is 3.31. The molecule has 2 aromatic rings. The van der Waals surface area contributed by atoms with Gasteiger partial charge in [-0.25, -0.2) is 4.68 Å². The zero-order chi connectivity index (χ0) is 15.5. The molecule has 1 aliphatic rings. The summed E-state index contributed by atoms with van der Waals surface area (Å²) in [6.07, 6.45) is 3.96. The molecule has 124 valence electrons. The third kappa shape index (κ3) is 3.92. The van der Waals surface area contributed by atoms with Gasteiger partial charge in [-0.2, -0.15) is 5.10 Å². The molecular formula is C17H23ClN4O. The molecule has 1 aromatic carbocycles. The van der Waals surface area contributed by atoms with Gasteiger partial charge in [0, 0.05) is 18.5 Å². The van der Waals surface area contributed by atoms with Crippen molar-refractivity contribution in [3.8, 4) is 5.69 Å². The minimum absolute atomic E-state index is 0. The number of carbonyl (C=O) groups excluding carboxylic acids is 1. The number of para-hydroxylation sites is 1. The van der Waals surface area contributed by atoms with E-state index >= 15 is 0 Å². The highest BCUT2D eigenvalue weighted by molar-refractivity contribution is 5.95. The van der Waals surface area contributed by atoms with Crippen molar-refractivity contribution in [1.82, 2.24) is 20.4 Å². The molecule has 0 bridgehead atoms. The quantitative estimate of drug-likeness (QED) is 0.853. The van der Waals surface area contributed by atoms with Crippen molar-refractivity contribution in [2.75, 3.05) is 13.6 Å². The van der Waals surface area contributed by atoms with Crippen molar-refractivity contribution < 1.29 is 4.79 Å². The van der Waals surface area contributed by atoms with Crippen LogP contribution < -0.4 is 10.6 Å². The summed E-state index contributed by atoms with van der Waals surface area (Å²) in [5, 5.41) is 10.6. The summed E-state index contributed by atoms with van der Waals surface area (Å²) in [6, 6.07) is 10.2. The molecule has 1 unspecified atom stereocenters. The van der Waals surface area contributed by atoms with E-state index in [1.165, 1.54) is 0 Å². The Morgan fingerprint density at radius 2 is 2.04 bits per heavy atom. The predicted molar refractivity (Wildman–Crippen MR) is 93.6 cm³/mol. The molecule has 5 nitrogen and oxygen atoms in total. The van der Waals surface area contributed by atoms with Gasteiger partial charge in [0.15, 0.2) is 0 Å². The fourth-order valence-electron chi connectivity index (χ4n) is 2.50. The summed E-state index contributed by atoms with van der Waals surface area (Å²) in [6.45, 7) is 2.64. The standard InChI is InChI=1S/C17H22N4O.ClH/c1-12(18-2)10-19-17(22)15-11-20-21(16(15)13-8-9-13)14-6-4-3-5-7-14;/h3-7,11-13,18H,8-10H2,1-2H3,(H,19,22);1H. The third-order valence-electron chi connectivity index (χ3n) is 4.08. The maximum absolute atomic E-state index is 12.5. The second kappa shape index (κ2) is 7.62. The summed E-state index contributed by atoms with van der Waals surface area (Å²) in [4.78, 5) is 12.5. The third-order valence-corrected chi connectivity index (χ3v) is 4.08. The van der Waals surface area contributed by atoms with Gasteiger partial charge in [0.2, 0.25) is 0 Å². The number of aromatic nitrogens is 2. The topological polar surface area (TPSA) is 58.9 Å². The average molecular weight is 335 g/mol. The van der Waals surface area contributed by atoms with E-state index in [0.29, 0.717) is 18.0 Å². The first kappa shape index (κ1) is 17.5. The number of likely N-dealkylation sites (N-methyl/N-ethyl adjacent to an activating group) is 1. The van der Waals surface area contributed by atoms with Crippen molar-refractivity contribution >= 4 is 18.3 Å². The van der Waals surface area contributed by atoms with Crippen LogP contribution in [0.1, 0.15) is 41.7 Å². The first-order valence-corrected chi connectivity index (χ1v) is 7.79. The van der Waals surface area contributed by atoms with E-state index in [1.807, 2.05) is 49.0 Å². The fourth-order valence-corrected chi connectivity index (χ4v) is 2.50. The maximum atomic E-state index is 12.5. The molecule has 0 spiro atoms. The highest BCUT2D eigenvalue weighted by Crippen LogP contribution is 2.42. The summed E-state index contributed by atoms with van der Waals surface area (Å²) in [5.74, 6) is 0.413. The molecule has 23 heavy (non-hydrogen) atoms. The van der Waals surface area contributed by atoms with Crippen molar-refractivity contribution in [2.24, 2.45) is 0 Å². The first-order valence-electron chi connectivity index (χ1n) is 7.79. The second-order valence-corrected chi connectivity index (χ2v) is 5.86. The molecule has 1 aliphatic carbocycles. The van der Waals surface area contributed by atoms with E-state index in [2.05, 4.69) is 15.7 Å². The van der Waals surface area contributed by atoms with E-state index in [4.69, 9.17) is 0 Å². The van der Waals surface area contributed by atoms with Crippen LogP contribution in [0.25, 0.3) is 5.69 Å². The number of rotatable bonds is 6. The lowest BCUT2D eigenvalue weighted by Crippen LogP contribution is -2.37. The number of carbonyl (C=O) groups is 1. The maximum Gasteiger partial charge on any atom is 0.254 e. The van der Waals surface area contributed by atoms with Crippen LogP contribution in [0.15, 0.2) is 36.5 Å². The van der Waals surface area contributed by atoms with Gasteiger partial charge < -0.3 is 10.6 Å². The molecule has 0 radical (unpaired) electrons. The van der Waals surface area contributed by atoms with Crippen LogP contribution >= 0.6 is 12.4 Å². The Balaban J connectivity index is 0.00000192. The Morgan fingerprint density at radius 1 is 1.35 bits per heavy atom. The molecule has 6 heteroatoms. The van der Waals surface area contributed by atoms with Crippen molar-refractivity contribution in [3.63, 3.8) is 0 Å². The minimum Gasteiger partial charge on any atom is -0.350 e. The summed E-state index contributed by atoms with van der Waals surface area (Å²) in [5.41, 5.74) is 2.75. The smallest absolute Gasteiger partial charge is 0.254 e. The number of nitrogens with zero attached hydrogens (tertiary/aromatic N) is 2. The molecule has 0 aliphatic heterocycles. The van der Waals surface area contributed by atoms with Crippen molar-refractivity contribution in [3.05, 3.63) is 47.8 Å². The van der Waals surface area contributed by atoms with Gasteiger partial charge in [-0.1, -0.05) is 18.2 Å². The van der Waals surface area contributed by atoms with Gasteiger partial charge >= 0.3 is 0 Å². The summed E-state index contributed by atoms with van der Waals surface area (Å²) < 4.78 is 1.91. The van der Waals surface area contributed by atoms with Crippen LogP contribution in [-0.2, 0) is 0 Å². The Kier molecular flexibility index (Phi) is 5.80. The molecule has 1 aromatic heterocycles. The monoisotopic (exact) mass is 334 g/mol. The second-order valence-electron chi connectivity index (χ2n) is 5.86. The lowest BCUT2D eigenvalue weighted by molar-refractivity contribution is 0.0949. The Hall–Kier alpha value is -1.85. The molecule has 1 heterocycles. The van der Waals surface area contributed by atoms with Crippen LogP contribution in [0, 0.1) is 0 Å². The lowest BCUT2D eigenvalue weighted by Gasteiger charge is -2.12. The van der Waals surface area contributed by atoms with Gasteiger partial charge in [-0.05, 0) is 38.9 Å². The Bertz CT molecular complexity index is 652. The van der Waals surface area contributed by atoms with Gasteiger partial charge in [-0.3, -0.25) is 4.79 Å². The number of hydrogen-bond acceptors (Lipinski definition) is 3. The van der Waals surface area contributed by atoms with E-state index in [1.54, 1.807) is 6.20 Å². The first-order chi connectivity index (χ1) is 10.7. The predicted octanol–water partition coefficient (Wildman–Crippen LogP) is 2.51. The van der Waals surface area contributed by atoms with Gasteiger partial charge in [0.25, 0.3) is 5.91 Å². The van der Waals surface area contributed by atoms with Crippen LogP contribution in [-0.4, -0.2) is 35.3 Å². The van der Waals surface area contributed by atoms with Gasteiger partial charge in [0.1, 0.15) is 0 Å². The zero-order valence-electron chi connectivity index (χ0n) is 13.5. The minimum atomic E-state index is -0.0359. The SMILES string of the molecule is CNC(C)CNC(=O)c1cnn(-c2ccccc2)c1C1CC1.Cl. The van der Waals surface area contributed by atoms with E-state index in [-0.39, 0.29) is 24.4 Å². The molecule has 2 N–H and O–H groups in total. The van der Waals surface area contributed by atoms with Crippen LogP contribution in [0.2, 0.25) is 0 Å². The van der Waals surface area contributed by atoms with Crippen LogP contribution in [0.4, 0.5) is 0 Å². The van der Waals surface area contributed by atoms with Crippen molar-refractivity contribution in [1.29, 1.82) is 0 Å².